The molecule has 3 nitrogen and oxygen atoms in total. The summed E-state index contributed by atoms with van der Waals surface area (Å²) in [4.78, 5) is 0. The number of rotatable bonds is 3. The van der Waals surface area contributed by atoms with Gasteiger partial charge in [0.25, 0.3) is 0 Å². The molecule has 0 amide bonds. The third-order valence-corrected chi connectivity index (χ3v) is 4.01. The van der Waals surface area contributed by atoms with Gasteiger partial charge in [-0.3, -0.25) is 0 Å². The molecular formula is C15H18F2O3. The molecule has 1 saturated heterocycles. The summed E-state index contributed by atoms with van der Waals surface area (Å²) in [6.07, 6.45) is 3.27. The zero-order valence-corrected chi connectivity index (χ0v) is 11.2. The van der Waals surface area contributed by atoms with Crippen molar-refractivity contribution < 1.29 is 23.0 Å². The highest BCUT2D eigenvalue weighted by Crippen LogP contribution is 2.36. The Bertz CT molecular complexity index is 462. The minimum atomic E-state index is -0.832. The van der Waals surface area contributed by atoms with Crippen LogP contribution in [0.5, 0.6) is 0 Å². The minimum absolute atomic E-state index is 0.0519. The highest BCUT2D eigenvalue weighted by atomic mass is 19.2. The Labute approximate surface area is 116 Å². The minimum Gasteiger partial charge on any atom is -0.373 e. The molecule has 1 aromatic rings. The molecule has 1 aromatic carbocycles. The lowest BCUT2D eigenvalue weighted by Crippen LogP contribution is -2.37. The van der Waals surface area contributed by atoms with Crippen LogP contribution in [0.15, 0.2) is 18.2 Å². The van der Waals surface area contributed by atoms with Crippen molar-refractivity contribution in [2.75, 3.05) is 13.2 Å². The van der Waals surface area contributed by atoms with Gasteiger partial charge < -0.3 is 14.2 Å². The molecule has 3 rings (SSSR count). The summed E-state index contributed by atoms with van der Waals surface area (Å²) in [7, 11) is 0. The second kappa shape index (κ2) is 5.76. The largest absolute Gasteiger partial charge is 0.373 e. The standard InChI is InChI=1S/C15H18F2O3/c16-13-3-1-2-11(14(13)17)10-18-12-4-6-15(7-5-12)19-8-9-20-15/h1-3,12H,4-10H2. The molecule has 110 valence electrons. The second-order valence-electron chi connectivity index (χ2n) is 5.33. The summed E-state index contributed by atoms with van der Waals surface area (Å²) in [5.74, 6) is -2.06. The van der Waals surface area contributed by atoms with Crippen LogP contribution in [0, 0.1) is 11.6 Å². The molecule has 1 heterocycles. The van der Waals surface area contributed by atoms with Crippen LogP contribution in [-0.4, -0.2) is 25.1 Å². The van der Waals surface area contributed by atoms with E-state index in [0.717, 1.165) is 31.7 Å². The Balaban J connectivity index is 1.51. The Hall–Kier alpha value is -1.04. The maximum absolute atomic E-state index is 13.5. The van der Waals surface area contributed by atoms with E-state index < -0.39 is 17.4 Å². The first kappa shape index (κ1) is 13.9. The normalized spacial score (nSPS) is 22.5. The van der Waals surface area contributed by atoms with Gasteiger partial charge >= 0.3 is 0 Å². The van der Waals surface area contributed by atoms with Gasteiger partial charge in [0, 0.05) is 18.4 Å². The molecule has 2 aliphatic rings. The molecule has 1 spiro atoms. The van der Waals surface area contributed by atoms with Gasteiger partial charge in [0.1, 0.15) is 0 Å². The Morgan fingerprint density at radius 3 is 2.55 bits per heavy atom. The molecule has 0 unspecified atom stereocenters. The second-order valence-corrected chi connectivity index (χ2v) is 5.33. The lowest BCUT2D eigenvalue weighted by atomic mass is 9.92. The summed E-state index contributed by atoms with van der Waals surface area (Å²) in [6, 6.07) is 4.15. The summed E-state index contributed by atoms with van der Waals surface area (Å²) in [5, 5.41) is 0. The smallest absolute Gasteiger partial charge is 0.168 e. The van der Waals surface area contributed by atoms with Crippen molar-refractivity contribution in [2.24, 2.45) is 0 Å². The van der Waals surface area contributed by atoms with Gasteiger partial charge in [0.2, 0.25) is 0 Å². The van der Waals surface area contributed by atoms with Gasteiger partial charge in [-0.2, -0.15) is 0 Å². The van der Waals surface area contributed by atoms with Crippen molar-refractivity contribution in [3.8, 4) is 0 Å². The number of halogens is 2. The van der Waals surface area contributed by atoms with Crippen molar-refractivity contribution in [1.82, 2.24) is 0 Å². The lowest BCUT2D eigenvalue weighted by molar-refractivity contribution is -0.192. The molecule has 20 heavy (non-hydrogen) atoms. The SMILES string of the molecule is Fc1cccc(COC2CCC3(CC2)OCCO3)c1F. The van der Waals surface area contributed by atoms with Gasteiger partial charge in [-0.25, -0.2) is 8.78 Å². The number of hydrogen-bond acceptors (Lipinski definition) is 3. The Morgan fingerprint density at radius 2 is 1.85 bits per heavy atom. The maximum Gasteiger partial charge on any atom is 0.168 e. The van der Waals surface area contributed by atoms with Gasteiger partial charge in [0.15, 0.2) is 17.4 Å². The van der Waals surface area contributed by atoms with E-state index in [0.29, 0.717) is 13.2 Å². The number of hydrogen-bond donors (Lipinski definition) is 0. The highest BCUT2D eigenvalue weighted by molar-refractivity contribution is 5.18. The molecule has 0 atom stereocenters. The van der Waals surface area contributed by atoms with Crippen LogP contribution in [0.1, 0.15) is 31.2 Å². The predicted molar refractivity (Wildman–Crippen MR) is 68.0 cm³/mol. The van der Waals surface area contributed by atoms with Crippen LogP contribution in [0.2, 0.25) is 0 Å². The molecule has 2 fully saturated rings. The quantitative estimate of drug-likeness (QED) is 0.853. The summed E-state index contributed by atoms with van der Waals surface area (Å²) in [6.45, 7) is 1.41. The van der Waals surface area contributed by atoms with Crippen LogP contribution in [0.4, 0.5) is 8.78 Å². The van der Waals surface area contributed by atoms with Gasteiger partial charge in [0.05, 0.1) is 25.9 Å². The third-order valence-electron chi connectivity index (χ3n) is 4.01. The molecule has 1 aliphatic heterocycles. The molecule has 0 N–H and O–H groups in total. The van der Waals surface area contributed by atoms with E-state index in [1.807, 2.05) is 0 Å². The first-order chi connectivity index (χ1) is 9.69. The van der Waals surface area contributed by atoms with Crippen LogP contribution in [0.3, 0.4) is 0 Å². The molecule has 1 aliphatic carbocycles. The van der Waals surface area contributed by atoms with Crippen molar-refractivity contribution >= 4 is 0 Å². The maximum atomic E-state index is 13.5. The van der Waals surface area contributed by atoms with Gasteiger partial charge in [-0.1, -0.05) is 12.1 Å². The van der Waals surface area contributed by atoms with E-state index in [-0.39, 0.29) is 18.3 Å². The molecular weight excluding hydrogens is 266 g/mol. The highest BCUT2D eigenvalue weighted by Gasteiger charge is 2.40. The van der Waals surface area contributed by atoms with Crippen molar-refractivity contribution in [3.05, 3.63) is 35.4 Å². The van der Waals surface area contributed by atoms with E-state index >= 15 is 0 Å². The summed E-state index contributed by atoms with van der Waals surface area (Å²) >= 11 is 0. The number of benzene rings is 1. The Morgan fingerprint density at radius 1 is 1.15 bits per heavy atom. The van der Waals surface area contributed by atoms with Crippen LogP contribution in [0.25, 0.3) is 0 Å². The van der Waals surface area contributed by atoms with Crippen molar-refractivity contribution in [2.45, 2.75) is 44.2 Å². The topological polar surface area (TPSA) is 27.7 Å². The van der Waals surface area contributed by atoms with E-state index in [9.17, 15) is 8.78 Å². The zero-order chi connectivity index (χ0) is 14.0. The monoisotopic (exact) mass is 284 g/mol. The van der Waals surface area contributed by atoms with Crippen molar-refractivity contribution in [1.29, 1.82) is 0 Å². The van der Waals surface area contributed by atoms with Crippen LogP contribution in [-0.2, 0) is 20.8 Å². The Kier molecular flexibility index (Phi) is 4.01. The molecule has 0 aromatic heterocycles. The zero-order valence-electron chi connectivity index (χ0n) is 11.2. The number of ether oxygens (including phenoxy) is 3. The van der Waals surface area contributed by atoms with Crippen LogP contribution >= 0.6 is 0 Å². The van der Waals surface area contributed by atoms with E-state index in [1.54, 1.807) is 6.07 Å². The van der Waals surface area contributed by atoms with E-state index in [4.69, 9.17) is 14.2 Å². The average molecular weight is 284 g/mol. The third kappa shape index (κ3) is 2.85. The van der Waals surface area contributed by atoms with E-state index in [2.05, 4.69) is 0 Å². The van der Waals surface area contributed by atoms with Gasteiger partial charge in [-0.15, -0.1) is 0 Å². The fourth-order valence-electron chi connectivity index (χ4n) is 2.85. The predicted octanol–water partition coefficient (Wildman–Crippen LogP) is 3.17. The molecule has 0 radical (unpaired) electrons. The van der Waals surface area contributed by atoms with Crippen molar-refractivity contribution in [3.63, 3.8) is 0 Å². The first-order valence-corrected chi connectivity index (χ1v) is 7.01. The summed E-state index contributed by atoms with van der Waals surface area (Å²) in [5.41, 5.74) is 0.263. The first-order valence-electron chi connectivity index (χ1n) is 7.01. The fourth-order valence-corrected chi connectivity index (χ4v) is 2.85. The van der Waals surface area contributed by atoms with Crippen LogP contribution < -0.4 is 0 Å². The lowest BCUT2D eigenvalue weighted by Gasteiger charge is -2.35. The van der Waals surface area contributed by atoms with E-state index in [1.165, 1.54) is 6.07 Å². The molecule has 1 saturated carbocycles. The summed E-state index contributed by atoms with van der Waals surface area (Å²) < 4.78 is 43.6. The fraction of sp³-hybridized carbons (Fsp3) is 0.600. The average Bonchev–Trinajstić information content (AvgIpc) is 2.91. The molecule has 5 heteroatoms. The molecule has 0 bridgehead atoms. The van der Waals surface area contributed by atoms with Gasteiger partial charge in [-0.05, 0) is 18.9 Å².